The highest BCUT2D eigenvalue weighted by Gasteiger charge is 2.20. The lowest BCUT2D eigenvalue weighted by atomic mass is 9.90. The van der Waals surface area contributed by atoms with Gasteiger partial charge in [0.05, 0.1) is 5.69 Å². The van der Waals surface area contributed by atoms with Crippen molar-refractivity contribution in [2.24, 2.45) is 5.41 Å². The van der Waals surface area contributed by atoms with Crippen LogP contribution >= 0.6 is 0 Å². The quantitative estimate of drug-likeness (QED) is 0.684. The lowest BCUT2D eigenvalue weighted by Crippen LogP contribution is -2.27. The molecule has 0 atom stereocenters. The number of aliphatic hydroxyl groups is 1. The van der Waals surface area contributed by atoms with Crippen molar-refractivity contribution in [3.63, 3.8) is 0 Å². The predicted octanol–water partition coefficient (Wildman–Crippen LogP) is 1.81. The Bertz CT molecular complexity index is 527. The SMILES string of the molecule is CCNS(=O)(=O)c1ccccc1NCC(C)(C)CCO. The van der Waals surface area contributed by atoms with E-state index in [0.717, 1.165) is 0 Å². The second kappa shape index (κ2) is 7.06. The first kappa shape index (κ1) is 16.9. The smallest absolute Gasteiger partial charge is 0.242 e. The third-order valence-corrected chi connectivity index (χ3v) is 4.66. The average molecular weight is 300 g/mol. The van der Waals surface area contributed by atoms with Crippen molar-refractivity contribution >= 4 is 15.7 Å². The van der Waals surface area contributed by atoms with Crippen molar-refractivity contribution in [1.29, 1.82) is 0 Å². The standard InChI is InChI=1S/C14H24N2O3S/c1-4-16-20(18,19)13-8-6-5-7-12(13)15-11-14(2,3)9-10-17/h5-8,15-17H,4,9-11H2,1-3H3. The number of hydrogen-bond donors (Lipinski definition) is 3. The van der Waals surface area contributed by atoms with Crippen LogP contribution in [0.1, 0.15) is 27.2 Å². The predicted molar refractivity (Wildman–Crippen MR) is 81.3 cm³/mol. The molecule has 0 unspecified atom stereocenters. The third kappa shape index (κ3) is 4.77. The van der Waals surface area contributed by atoms with Gasteiger partial charge in [-0.2, -0.15) is 0 Å². The molecular formula is C14H24N2O3S. The van der Waals surface area contributed by atoms with Crippen LogP contribution < -0.4 is 10.0 Å². The van der Waals surface area contributed by atoms with Gasteiger partial charge in [-0.25, -0.2) is 13.1 Å². The van der Waals surface area contributed by atoms with Gasteiger partial charge < -0.3 is 10.4 Å². The van der Waals surface area contributed by atoms with Crippen LogP contribution in [-0.2, 0) is 10.0 Å². The molecule has 0 aliphatic heterocycles. The minimum Gasteiger partial charge on any atom is -0.396 e. The molecule has 0 bridgehead atoms. The van der Waals surface area contributed by atoms with Crippen LogP contribution in [0.3, 0.4) is 0 Å². The Morgan fingerprint density at radius 1 is 1.25 bits per heavy atom. The maximum absolute atomic E-state index is 12.1. The van der Waals surface area contributed by atoms with Gasteiger partial charge in [-0.3, -0.25) is 0 Å². The van der Waals surface area contributed by atoms with Crippen molar-refractivity contribution < 1.29 is 13.5 Å². The van der Waals surface area contributed by atoms with Crippen LogP contribution in [0.4, 0.5) is 5.69 Å². The van der Waals surface area contributed by atoms with E-state index in [9.17, 15) is 8.42 Å². The summed E-state index contributed by atoms with van der Waals surface area (Å²) < 4.78 is 26.7. The maximum Gasteiger partial charge on any atom is 0.242 e. The normalized spacial score (nSPS) is 12.4. The van der Waals surface area contributed by atoms with Gasteiger partial charge >= 0.3 is 0 Å². The molecule has 0 aromatic heterocycles. The van der Waals surface area contributed by atoms with Gasteiger partial charge in [-0.15, -0.1) is 0 Å². The Morgan fingerprint density at radius 3 is 2.50 bits per heavy atom. The van der Waals surface area contributed by atoms with Crippen molar-refractivity contribution in [2.75, 3.05) is 25.0 Å². The summed E-state index contributed by atoms with van der Waals surface area (Å²) in [6.45, 7) is 6.86. The highest BCUT2D eigenvalue weighted by Crippen LogP contribution is 2.24. The fraction of sp³-hybridized carbons (Fsp3) is 0.571. The van der Waals surface area contributed by atoms with Crippen molar-refractivity contribution in [2.45, 2.75) is 32.1 Å². The molecular weight excluding hydrogens is 276 g/mol. The first-order chi connectivity index (χ1) is 9.32. The van der Waals surface area contributed by atoms with Crippen molar-refractivity contribution in [3.05, 3.63) is 24.3 Å². The zero-order valence-corrected chi connectivity index (χ0v) is 13.1. The largest absolute Gasteiger partial charge is 0.396 e. The molecule has 1 aromatic carbocycles. The molecule has 3 N–H and O–H groups in total. The number of anilines is 1. The van der Waals surface area contributed by atoms with E-state index in [4.69, 9.17) is 5.11 Å². The van der Waals surface area contributed by atoms with E-state index >= 15 is 0 Å². The Morgan fingerprint density at radius 2 is 1.90 bits per heavy atom. The average Bonchev–Trinajstić information content (AvgIpc) is 2.37. The summed E-state index contributed by atoms with van der Waals surface area (Å²) in [6, 6.07) is 6.83. The molecule has 0 spiro atoms. The first-order valence-electron chi connectivity index (χ1n) is 6.76. The van der Waals surface area contributed by atoms with Gasteiger partial charge in [0.15, 0.2) is 0 Å². The van der Waals surface area contributed by atoms with Crippen LogP contribution in [0.15, 0.2) is 29.2 Å². The zero-order chi connectivity index (χ0) is 15.2. The topological polar surface area (TPSA) is 78.4 Å². The highest BCUT2D eigenvalue weighted by atomic mass is 32.2. The molecule has 0 amide bonds. The van der Waals surface area contributed by atoms with E-state index < -0.39 is 10.0 Å². The molecule has 0 aliphatic carbocycles. The number of benzene rings is 1. The van der Waals surface area contributed by atoms with E-state index in [2.05, 4.69) is 10.0 Å². The molecule has 0 radical (unpaired) electrons. The summed E-state index contributed by atoms with van der Waals surface area (Å²) in [5.41, 5.74) is 0.476. The molecule has 114 valence electrons. The summed E-state index contributed by atoms with van der Waals surface area (Å²) in [7, 11) is -3.48. The molecule has 0 fully saturated rings. The van der Waals surface area contributed by atoms with Crippen LogP contribution in [0.5, 0.6) is 0 Å². The number of aliphatic hydroxyl groups excluding tert-OH is 1. The van der Waals surface area contributed by atoms with Crippen LogP contribution in [0.2, 0.25) is 0 Å². The minimum atomic E-state index is -3.48. The summed E-state index contributed by atoms with van der Waals surface area (Å²) >= 11 is 0. The number of hydrogen-bond acceptors (Lipinski definition) is 4. The molecule has 20 heavy (non-hydrogen) atoms. The minimum absolute atomic E-state index is 0.107. The highest BCUT2D eigenvalue weighted by molar-refractivity contribution is 7.89. The fourth-order valence-electron chi connectivity index (χ4n) is 1.84. The molecule has 6 heteroatoms. The van der Waals surface area contributed by atoms with E-state index in [1.165, 1.54) is 0 Å². The Labute approximate surface area is 121 Å². The summed E-state index contributed by atoms with van der Waals surface area (Å²) in [5.74, 6) is 0. The maximum atomic E-state index is 12.1. The van der Waals surface area contributed by atoms with Crippen LogP contribution in [-0.4, -0.2) is 33.2 Å². The molecule has 0 saturated heterocycles. The van der Waals surface area contributed by atoms with E-state index in [1.807, 2.05) is 13.8 Å². The summed E-state index contributed by atoms with van der Waals surface area (Å²) in [5, 5.41) is 12.2. The fourth-order valence-corrected chi connectivity index (χ4v) is 3.06. The summed E-state index contributed by atoms with van der Waals surface area (Å²) in [4.78, 5) is 0.252. The summed E-state index contributed by atoms with van der Waals surface area (Å²) in [6.07, 6.45) is 0.655. The molecule has 0 saturated carbocycles. The second-order valence-corrected chi connectivity index (χ2v) is 7.22. The van der Waals surface area contributed by atoms with Gasteiger partial charge in [0.25, 0.3) is 0 Å². The number of rotatable bonds is 8. The molecule has 1 rings (SSSR count). The van der Waals surface area contributed by atoms with Crippen LogP contribution in [0, 0.1) is 5.41 Å². The molecule has 5 nitrogen and oxygen atoms in total. The van der Waals surface area contributed by atoms with E-state index in [0.29, 0.717) is 25.2 Å². The molecule has 1 aromatic rings. The Kier molecular flexibility index (Phi) is 5.98. The molecule has 0 heterocycles. The molecule has 0 aliphatic rings. The Hall–Kier alpha value is -1.11. The van der Waals surface area contributed by atoms with Gasteiger partial charge in [0, 0.05) is 19.7 Å². The van der Waals surface area contributed by atoms with Crippen molar-refractivity contribution in [1.82, 2.24) is 4.72 Å². The Balaban J connectivity index is 2.92. The van der Waals surface area contributed by atoms with E-state index in [-0.39, 0.29) is 16.9 Å². The van der Waals surface area contributed by atoms with Gasteiger partial charge in [0.2, 0.25) is 10.0 Å². The zero-order valence-electron chi connectivity index (χ0n) is 12.3. The van der Waals surface area contributed by atoms with Gasteiger partial charge in [-0.1, -0.05) is 32.9 Å². The first-order valence-corrected chi connectivity index (χ1v) is 8.24. The monoisotopic (exact) mass is 300 g/mol. The second-order valence-electron chi connectivity index (χ2n) is 5.49. The third-order valence-electron chi connectivity index (χ3n) is 3.06. The van der Waals surface area contributed by atoms with Crippen LogP contribution in [0.25, 0.3) is 0 Å². The van der Waals surface area contributed by atoms with Crippen molar-refractivity contribution in [3.8, 4) is 0 Å². The number of nitrogens with one attached hydrogen (secondary N) is 2. The lowest BCUT2D eigenvalue weighted by molar-refractivity contribution is 0.220. The van der Waals surface area contributed by atoms with Gasteiger partial charge in [0.1, 0.15) is 4.90 Å². The van der Waals surface area contributed by atoms with Gasteiger partial charge in [-0.05, 0) is 24.0 Å². The van der Waals surface area contributed by atoms with E-state index in [1.54, 1.807) is 31.2 Å². The lowest BCUT2D eigenvalue weighted by Gasteiger charge is -2.25. The number of para-hydroxylation sites is 1. The number of sulfonamides is 1.